The highest BCUT2D eigenvalue weighted by Gasteiger charge is 2.17. The molecule has 22 heavy (non-hydrogen) atoms. The van der Waals surface area contributed by atoms with Gasteiger partial charge in [0.2, 0.25) is 0 Å². The first-order valence-electron chi connectivity index (χ1n) is 6.71. The van der Waals surface area contributed by atoms with Gasteiger partial charge in [0.05, 0.1) is 10.7 Å². The van der Waals surface area contributed by atoms with E-state index in [9.17, 15) is 9.18 Å². The lowest BCUT2D eigenvalue weighted by molar-refractivity contribution is 0.102. The Hall–Kier alpha value is -2.27. The zero-order chi connectivity index (χ0) is 15.7. The lowest BCUT2D eigenvalue weighted by atomic mass is 10.1. The maximum atomic E-state index is 13.3. The van der Waals surface area contributed by atoms with Crippen molar-refractivity contribution in [1.82, 2.24) is 0 Å². The van der Waals surface area contributed by atoms with Gasteiger partial charge in [0.15, 0.2) is 11.5 Å². The SMILES string of the molecule is Cc1cc(C(=O)Nc2cc3c(cc2Cl)OCCO3)ccc1F. The van der Waals surface area contributed by atoms with Crippen LogP contribution < -0.4 is 14.8 Å². The van der Waals surface area contributed by atoms with Crippen molar-refractivity contribution in [3.05, 3.63) is 52.3 Å². The number of rotatable bonds is 2. The number of amides is 1. The van der Waals surface area contributed by atoms with Gasteiger partial charge in [0.1, 0.15) is 19.0 Å². The molecule has 0 unspecified atom stereocenters. The van der Waals surface area contributed by atoms with Crippen molar-refractivity contribution < 1.29 is 18.7 Å². The molecular weight excluding hydrogens is 309 g/mol. The third kappa shape index (κ3) is 2.85. The Bertz CT molecular complexity index is 748. The molecule has 0 spiro atoms. The van der Waals surface area contributed by atoms with Crippen LogP contribution in [0.2, 0.25) is 5.02 Å². The number of nitrogens with one attached hydrogen (secondary N) is 1. The Balaban J connectivity index is 1.86. The Labute approximate surface area is 131 Å². The second kappa shape index (κ2) is 5.85. The van der Waals surface area contributed by atoms with Gasteiger partial charge in [-0.1, -0.05) is 11.6 Å². The molecule has 0 fully saturated rings. The highest BCUT2D eigenvalue weighted by Crippen LogP contribution is 2.38. The van der Waals surface area contributed by atoms with Gasteiger partial charge >= 0.3 is 0 Å². The minimum atomic E-state index is -0.373. The Kier molecular flexibility index (Phi) is 3.90. The molecule has 0 radical (unpaired) electrons. The molecule has 0 saturated heterocycles. The Morgan fingerprint density at radius 2 is 1.86 bits per heavy atom. The first kappa shape index (κ1) is 14.7. The fraction of sp³-hybridized carbons (Fsp3) is 0.188. The van der Waals surface area contributed by atoms with Gasteiger partial charge in [0.25, 0.3) is 5.91 Å². The van der Waals surface area contributed by atoms with E-state index in [1.165, 1.54) is 18.2 Å². The van der Waals surface area contributed by atoms with Crippen molar-refractivity contribution in [3.63, 3.8) is 0 Å². The fourth-order valence-electron chi connectivity index (χ4n) is 2.14. The maximum Gasteiger partial charge on any atom is 0.255 e. The summed E-state index contributed by atoms with van der Waals surface area (Å²) < 4.78 is 24.1. The van der Waals surface area contributed by atoms with Gasteiger partial charge in [-0.2, -0.15) is 0 Å². The number of ether oxygens (including phenoxy) is 2. The summed E-state index contributed by atoms with van der Waals surface area (Å²) >= 11 is 6.14. The van der Waals surface area contributed by atoms with Crippen LogP contribution in [0.5, 0.6) is 11.5 Å². The summed E-state index contributed by atoms with van der Waals surface area (Å²) in [6, 6.07) is 7.38. The van der Waals surface area contributed by atoms with E-state index in [2.05, 4.69) is 5.32 Å². The van der Waals surface area contributed by atoms with Crippen molar-refractivity contribution in [1.29, 1.82) is 0 Å². The van der Waals surface area contributed by atoms with E-state index in [4.69, 9.17) is 21.1 Å². The summed E-state index contributed by atoms with van der Waals surface area (Å²) in [7, 11) is 0. The monoisotopic (exact) mass is 321 g/mol. The van der Waals surface area contributed by atoms with Crippen LogP contribution in [0.25, 0.3) is 0 Å². The molecule has 1 N–H and O–H groups in total. The van der Waals surface area contributed by atoms with Crippen LogP contribution in [0.1, 0.15) is 15.9 Å². The largest absolute Gasteiger partial charge is 0.486 e. The molecule has 0 bridgehead atoms. The minimum absolute atomic E-state index is 0.344. The van der Waals surface area contributed by atoms with Crippen LogP contribution in [0, 0.1) is 12.7 Å². The second-order valence-corrected chi connectivity index (χ2v) is 5.30. The molecule has 1 aliphatic heterocycles. The lowest BCUT2D eigenvalue weighted by Gasteiger charge is -2.20. The van der Waals surface area contributed by atoms with Gasteiger partial charge in [-0.15, -0.1) is 0 Å². The quantitative estimate of drug-likeness (QED) is 0.915. The molecule has 0 aliphatic carbocycles. The molecule has 4 nitrogen and oxygen atoms in total. The third-order valence-electron chi connectivity index (χ3n) is 3.30. The Morgan fingerprint density at radius 3 is 2.55 bits per heavy atom. The van der Waals surface area contributed by atoms with Crippen molar-refractivity contribution in [3.8, 4) is 11.5 Å². The van der Waals surface area contributed by atoms with E-state index in [1.54, 1.807) is 19.1 Å². The summed E-state index contributed by atoms with van der Waals surface area (Å²) in [6.07, 6.45) is 0. The normalized spacial score (nSPS) is 12.9. The highest BCUT2D eigenvalue weighted by molar-refractivity contribution is 6.34. The number of halogens is 2. The zero-order valence-electron chi connectivity index (χ0n) is 11.8. The molecule has 1 heterocycles. The van der Waals surface area contributed by atoms with E-state index < -0.39 is 0 Å². The van der Waals surface area contributed by atoms with Gasteiger partial charge in [0, 0.05) is 17.7 Å². The number of hydrogen-bond donors (Lipinski definition) is 1. The number of hydrogen-bond acceptors (Lipinski definition) is 3. The molecule has 1 aliphatic rings. The first-order chi connectivity index (χ1) is 10.5. The highest BCUT2D eigenvalue weighted by atomic mass is 35.5. The van der Waals surface area contributed by atoms with Gasteiger partial charge in [-0.05, 0) is 30.7 Å². The summed E-state index contributed by atoms with van der Waals surface area (Å²) in [4.78, 5) is 12.2. The summed E-state index contributed by atoms with van der Waals surface area (Å²) in [5, 5.41) is 3.04. The van der Waals surface area contributed by atoms with Crippen LogP contribution >= 0.6 is 11.6 Å². The maximum absolute atomic E-state index is 13.3. The number of carbonyl (C=O) groups is 1. The molecular formula is C16H13ClFNO3. The van der Waals surface area contributed by atoms with Crippen LogP contribution in [0.4, 0.5) is 10.1 Å². The summed E-state index contributed by atoms with van der Waals surface area (Å²) in [6.45, 7) is 2.51. The topological polar surface area (TPSA) is 47.6 Å². The molecule has 0 saturated carbocycles. The number of benzene rings is 2. The Morgan fingerprint density at radius 1 is 1.18 bits per heavy atom. The molecule has 0 aromatic heterocycles. The van der Waals surface area contributed by atoms with E-state index in [0.29, 0.717) is 46.5 Å². The molecule has 1 amide bonds. The van der Waals surface area contributed by atoms with Crippen LogP contribution in [-0.2, 0) is 0 Å². The van der Waals surface area contributed by atoms with Gasteiger partial charge in [-0.3, -0.25) is 4.79 Å². The molecule has 2 aromatic rings. The second-order valence-electron chi connectivity index (χ2n) is 4.89. The van der Waals surface area contributed by atoms with Crippen molar-refractivity contribution >= 4 is 23.2 Å². The average molecular weight is 322 g/mol. The molecule has 2 aromatic carbocycles. The number of anilines is 1. The molecule has 3 rings (SSSR count). The number of fused-ring (bicyclic) bond motifs is 1. The van der Waals surface area contributed by atoms with Crippen LogP contribution in [0.3, 0.4) is 0 Å². The van der Waals surface area contributed by atoms with Crippen molar-refractivity contribution in [2.24, 2.45) is 0 Å². The van der Waals surface area contributed by atoms with Crippen LogP contribution in [-0.4, -0.2) is 19.1 Å². The van der Waals surface area contributed by atoms with E-state index in [-0.39, 0.29) is 11.7 Å². The summed E-state index contributed by atoms with van der Waals surface area (Å²) in [5.41, 5.74) is 1.17. The number of carbonyl (C=O) groups excluding carboxylic acids is 1. The molecule has 114 valence electrons. The molecule has 0 atom stereocenters. The predicted molar refractivity (Wildman–Crippen MR) is 81.5 cm³/mol. The standard InChI is InChI=1S/C16H13ClFNO3/c1-9-6-10(2-3-12(9)18)16(20)19-13-8-15-14(7-11(13)17)21-4-5-22-15/h2-3,6-8H,4-5H2,1H3,(H,19,20). The smallest absolute Gasteiger partial charge is 0.255 e. The van der Waals surface area contributed by atoms with Crippen molar-refractivity contribution in [2.75, 3.05) is 18.5 Å². The minimum Gasteiger partial charge on any atom is -0.486 e. The summed E-state index contributed by atoms with van der Waals surface area (Å²) in [5.74, 6) is 0.351. The lowest BCUT2D eigenvalue weighted by Crippen LogP contribution is -2.17. The molecule has 6 heteroatoms. The fourth-order valence-corrected chi connectivity index (χ4v) is 2.34. The predicted octanol–water partition coefficient (Wildman–Crippen LogP) is 3.81. The van der Waals surface area contributed by atoms with Crippen LogP contribution in [0.15, 0.2) is 30.3 Å². The van der Waals surface area contributed by atoms with E-state index in [0.717, 1.165) is 0 Å². The first-order valence-corrected chi connectivity index (χ1v) is 7.09. The zero-order valence-corrected chi connectivity index (χ0v) is 12.5. The average Bonchev–Trinajstić information content (AvgIpc) is 2.50. The van der Waals surface area contributed by atoms with E-state index >= 15 is 0 Å². The third-order valence-corrected chi connectivity index (χ3v) is 3.61. The number of aryl methyl sites for hydroxylation is 1. The van der Waals surface area contributed by atoms with Gasteiger partial charge < -0.3 is 14.8 Å². The van der Waals surface area contributed by atoms with Crippen molar-refractivity contribution in [2.45, 2.75) is 6.92 Å². The van der Waals surface area contributed by atoms with Gasteiger partial charge in [-0.25, -0.2) is 4.39 Å². The van der Waals surface area contributed by atoms with E-state index in [1.807, 2.05) is 0 Å².